The van der Waals surface area contributed by atoms with Gasteiger partial charge in [0.05, 0.1) is 0 Å². The molecule has 82 valence electrons. The van der Waals surface area contributed by atoms with Crippen molar-refractivity contribution in [2.45, 2.75) is 40.0 Å². The summed E-state index contributed by atoms with van der Waals surface area (Å²) >= 11 is 0. The van der Waals surface area contributed by atoms with Crippen LogP contribution in [-0.2, 0) is 0 Å². The van der Waals surface area contributed by atoms with Gasteiger partial charge in [0.2, 0.25) is 0 Å². The van der Waals surface area contributed by atoms with Gasteiger partial charge in [0, 0.05) is 13.1 Å². The maximum absolute atomic E-state index is 2.71. The third-order valence-corrected chi connectivity index (χ3v) is 4.32. The zero-order valence-electron chi connectivity index (χ0n) is 10.00. The maximum Gasteiger partial charge on any atom is 0.00129 e. The van der Waals surface area contributed by atoms with Crippen LogP contribution < -0.4 is 0 Å². The van der Waals surface area contributed by atoms with E-state index in [4.69, 9.17) is 0 Å². The van der Waals surface area contributed by atoms with Crippen LogP contribution in [-0.4, -0.2) is 24.5 Å². The molecule has 1 nitrogen and oxygen atoms in total. The summed E-state index contributed by atoms with van der Waals surface area (Å²) in [5, 5.41) is 0. The van der Waals surface area contributed by atoms with Gasteiger partial charge >= 0.3 is 0 Å². The van der Waals surface area contributed by atoms with E-state index in [1.54, 1.807) is 0 Å². The predicted octanol–water partition coefficient (Wildman–Crippen LogP) is 3.01. The van der Waals surface area contributed by atoms with Crippen LogP contribution in [0, 0.1) is 23.7 Å². The van der Waals surface area contributed by atoms with Gasteiger partial charge in [-0.3, -0.25) is 0 Å². The second-order valence-electron chi connectivity index (χ2n) is 5.85. The molecule has 1 heterocycles. The van der Waals surface area contributed by atoms with Crippen LogP contribution in [0.2, 0.25) is 0 Å². The summed E-state index contributed by atoms with van der Waals surface area (Å²) in [6.45, 7) is 11.3. The van der Waals surface area contributed by atoms with Gasteiger partial charge in [0.1, 0.15) is 0 Å². The van der Waals surface area contributed by atoms with Crippen molar-refractivity contribution in [3.63, 3.8) is 0 Å². The van der Waals surface area contributed by atoms with Gasteiger partial charge in [-0.05, 0) is 49.5 Å². The smallest absolute Gasteiger partial charge is 0.00129 e. The van der Waals surface area contributed by atoms with Crippen molar-refractivity contribution in [1.82, 2.24) is 4.90 Å². The van der Waals surface area contributed by atoms with E-state index in [1.807, 2.05) is 0 Å². The fourth-order valence-corrected chi connectivity index (χ4v) is 2.67. The van der Waals surface area contributed by atoms with Crippen LogP contribution in [0.1, 0.15) is 40.0 Å². The van der Waals surface area contributed by atoms with Crippen molar-refractivity contribution < 1.29 is 0 Å². The zero-order chi connectivity index (χ0) is 10.1. The third-order valence-electron chi connectivity index (χ3n) is 4.32. The van der Waals surface area contributed by atoms with Crippen molar-refractivity contribution in [2.24, 2.45) is 23.7 Å². The molecular weight excluding hydrogens is 170 g/mol. The lowest BCUT2D eigenvalue weighted by Gasteiger charge is -2.23. The molecule has 2 aliphatic rings. The molecule has 2 rings (SSSR count). The lowest BCUT2D eigenvalue weighted by Crippen LogP contribution is -2.25. The monoisotopic (exact) mass is 195 g/mol. The van der Waals surface area contributed by atoms with Crippen molar-refractivity contribution in [3.8, 4) is 0 Å². The van der Waals surface area contributed by atoms with Crippen molar-refractivity contribution >= 4 is 0 Å². The topological polar surface area (TPSA) is 3.24 Å². The summed E-state index contributed by atoms with van der Waals surface area (Å²) in [6, 6.07) is 0. The SMILES string of the molecule is CC(C)C(C)C1CCN(CC2CC2)C1. The lowest BCUT2D eigenvalue weighted by atomic mass is 9.84. The number of likely N-dealkylation sites (tertiary alicyclic amines) is 1. The Kier molecular flexibility index (Phi) is 3.16. The molecule has 0 radical (unpaired) electrons. The van der Waals surface area contributed by atoms with E-state index in [9.17, 15) is 0 Å². The predicted molar refractivity (Wildman–Crippen MR) is 61.3 cm³/mol. The Hall–Kier alpha value is -0.0400. The Balaban J connectivity index is 1.75. The molecule has 0 spiro atoms. The van der Waals surface area contributed by atoms with E-state index in [1.165, 1.54) is 38.9 Å². The highest BCUT2D eigenvalue weighted by molar-refractivity contribution is 4.84. The first-order valence-corrected chi connectivity index (χ1v) is 6.39. The average Bonchev–Trinajstić information content (AvgIpc) is 2.81. The number of hydrogen-bond acceptors (Lipinski definition) is 1. The van der Waals surface area contributed by atoms with Gasteiger partial charge in [-0.15, -0.1) is 0 Å². The molecule has 0 aromatic carbocycles. The fraction of sp³-hybridized carbons (Fsp3) is 1.00. The minimum absolute atomic E-state index is 0.862. The van der Waals surface area contributed by atoms with Gasteiger partial charge in [-0.2, -0.15) is 0 Å². The summed E-state index contributed by atoms with van der Waals surface area (Å²) in [5.41, 5.74) is 0. The van der Waals surface area contributed by atoms with E-state index in [0.717, 1.165) is 23.7 Å². The highest BCUT2D eigenvalue weighted by Crippen LogP contribution is 2.34. The van der Waals surface area contributed by atoms with Crippen LogP contribution in [0.15, 0.2) is 0 Å². The second-order valence-corrected chi connectivity index (χ2v) is 5.85. The normalized spacial score (nSPS) is 31.3. The molecule has 0 aromatic heterocycles. The van der Waals surface area contributed by atoms with Crippen LogP contribution in [0.5, 0.6) is 0 Å². The fourth-order valence-electron chi connectivity index (χ4n) is 2.67. The first-order chi connectivity index (χ1) is 6.66. The van der Waals surface area contributed by atoms with Crippen molar-refractivity contribution in [2.75, 3.05) is 19.6 Å². The van der Waals surface area contributed by atoms with Gasteiger partial charge in [0.25, 0.3) is 0 Å². The van der Waals surface area contributed by atoms with E-state index in [2.05, 4.69) is 25.7 Å². The lowest BCUT2D eigenvalue weighted by molar-refractivity contribution is 0.253. The number of rotatable bonds is 4. The van der Waals surface area contributed by atoms with E-state index < -0.39 is 0 Å². The molecular formula is C13H25N. The van der Waals surface area contributed by atoms with E-state index in [-0.39, 0.29) is 0 Å². The van der Waals surface area contributed by atoms with Crippen LogP contribution in [0.4, 0.5) is 0 Å². The summed E-state index contributed by atoms with van der Waals surface area (Å²) in [4.78, 5) is 2.71. The van der Waals surface area contributed by atoms with Crippen molar-refractivity contribution in [3.05, 3.63) is 0 Å². The zero-order valence-corrected chi connectivity index (χ0v) is 10.00. The molecule has 1 aliphatic carbocycles. The van der Waals surface area contributed by atoms with Crippen LogP contribution in [0.25, 0.3) is 0 Å². The molecule has 0 bridgehead atoms. The summed E-state index contributed by atoms with van der Waals surface area (Å²) in [5.74, 6) is 3.83. The van der Waals surface area contributed by atoms with E-state index >= 15 is 0 Å². The number of nitrogens with zero attached hydrogens (tertiary/aromatic N) is 1. The summed E-state index contributed by atoms with van der Waals surface area (Å²) in [7, 11) is 0. The van der Waals surface area contributed by atoms with Gasteiger partial charge in [-0.1, -0.05) is 20.8 Å². The molecule has 14 heavy (non-hydrogen) atoms. The molecule has 0 aromatic rings. The molecule has 2 unspecified atom stereocenters. The second kappa shape index (κ2) is 4.22. The minimum Gasteiger partial charge on any atom is -0.303 e. The molecule has 1 saturated carbocycles. The first-order valence-electron chi connectivity index (χ1n) is 6.39. The Bertz CT molecular complexity index is 184. The Morgan fingerprint density at radius 1 is 1.14 bits per heavy atom. The van der Waals surface area contributed by atoms with E-state index in [0.29, 0.717) is 0 Å². The molecule has 0 amide bonds. The number of hydrogen-bond donors (Lipinski definition) is 0. The Morgan fingerprint density at radius 3 is 2.43 bits per heavy atom. The first kappa shape index (κ1) is 10.5. The largest absolute Gasteiger partial charge is 0.303 e. The van der Waals surface area contributed by atoms with Gasteiger partial charge in [-0.25, -0.2) is 0 Å². The summed E-state index contributed by atoms with van der Waals surface area (Å²) in [6.07, 6.45) is 4.45. The average molecular weight is 195 g/mol. The Morgan fingerprint density at radius 2 is 1.86 bits per heavy atom. The molecule has 0 N–H and O–H groups in total. The quantitative estimate of drug-likeness (QED) is 0.666. The molecule has 1 aliphatic heterocycles. The molecule has 2 atom stereocenters. The molecule has 2 fully saturated rings. The maximum atomic E-state index is 2.71. The minimum atomic E-state index is 0.862. The van der Waals surface area contributed by atoms with Crippen LogP contribution in [0.3, 0.4) is 0 Å². The van der Waals surface area contributed by atoms with Gasteiger partial charge in [0.15, 0.2) is 0 Å². The highest BCUT2D eigenvalue weighted by Gasteiger charge is 2.31. The standard InChI is InChI=1S/C13H25N/c1-10(2)11(3)13-6-7-14(9-13)8-12-4-5-12/h10-13H,4-9H2,1-3H3. The summed E-state index contributed by atoms with van der Waals surface area (Å²) < 4.78 is 0. The van der Waals surface area contributed by atoms with Gasteiger partial charge < -0.3 is 4.90 Å². The third kappa shape index (κ3) is 2.50. The highest BCUT2D eigenvalue weighted by atomic mass is 15.1. The van der Waals surface area contributed by atoms with Crippen molar-refractivity contribution in [1.29, 1.82) is 0 Å². The Labute approximate surface area is 88.9 Å². The van der Waals surface area contributed by atoms with Crippen LogP contribution >= 0.6 is 0 Å². The molecule has 1 heteroatoms. The molecule has 1 saturated heterocycles.